The van der Waals surface area contributed by atoms with Crippen LogP contribution in [0.2, 0.25) is 10.0 Å². The number of piperidine rings is 1. The summed E-state index contributed by atoms with van der Waals surface area (Å²) < 4.78 is 0. The fourth-order valence-corrected chi connectivity index (χ4v) is 6.13. The van der Waals surface area contributed by atoms with Crippen molar-refractivity contribution < 1.29 is 14.7 Å². The minimum Gasteiger partial charge on any atom is -0.465 e. The molecular formula is C33H39Cl2N3O3. The molecule has 1 aliphatic heterocycles. The number of amides is 2. The first-order chi connectivity index (χ1) is 19.5. The molecule has 0 unspecified atom stereocenters. The van der Waals surface area contributed by atoms with Gasteiger partial charge in [-0.2, -0.15) is 0 Å². The lowest BCUT2D eigenvalue weighted by molar-refractivity contribution is -0.121. The van der Waals surface area contributed by atoms with Gasteiger partial charge in [-0.25, -0.2) is 4.79 Å². The fourth-order valence-electron chi connectivity index (χ4n) is 5.82. The Balaban J connectivity index is 0.000000251. The van der Waals surface area contributed by atoms with Gasteiger partial charge in [0.05, 0.1) is 21.1 Å². The highest BCUT2D eigenvalue weighted by Crippen LogP contribution is 2.49. The first-order valence-electron chi connectivity index (χ1n) is 14.1. The van der Waals surface area contributed by atoms with Gasteiger partial charge in [0, 0.05) is 26.6 Å². The van der Waals surface area contributed by atoms with Crippen LogP contribution in [0.1, 0.15) is 62.6 Å². The summed E-state index contributed by atoms with van der Waals surface area (Å²) in [5, 5.41) is 15.6. The number of hydrogen-bond acceptors (Lipinski definition) is 3. The minimum absolute atomic E-state index is 0.0409. The van der Waals surface area contributed by atoms with Crippen LogP contribution in [0.15, 0.2) is 78.9 Å². The number of carboxylic acid groups (broad SMARTS) is 1. The molecule has 1 saturated heterocycles. The average Bonchev–Trinajstić information content (AvgIpc) is 3.71. The van der Waals surface area contributed by atoms with Gasteiger partial charge in [0.1, 0.15) is 0 Å². The fraction of sp³-hybridized carbons (Fsp3) is 0.394. The highest BCUT2D eigenvalue weighted by Gasteiger charge is 2.42. The van der Waals surface area contributed by atoms with E-state index in [4.69, 9.17) is 28.3 Å². The normalized spacial score (nSPS) is 19.8. The molecule has 2 fully saturated rings. The summed E-state index contributed by atoms with van der Waals surface area (Å²) in [6.45, 7) is 8.38. The zero-order chi connectivity index (χ0) is 29.6. The predicted octanol–water partition coefficient (Wildman–Crippen LogP) is 7.41. The van der Waals surface area contributed by atoms with Crippen LogP contribution >= 0.6 is 23.2 Å². The second-order valence-electron chi connectivity index (χ2n) is 11.6. The third-order valence-corrected chi connectivity index (χ3v) is 8.89. The molecule has 0 radical (unpaired) electrons. The number of benzene rings is 3. The SMILES string of the molecule is CC(=O)NC1(c2ccccc2)CCN(C[C@@H]2C[C@@H]2c2ccc(Cl)c(Cl)c2)CC1.CC(C)(NC(=O)O)c1ccccc1. The zero-order valence-electron chi connectivity index (χ0n) is 23.9. The van der Waals surface area contributed by atoms with Crippen LogP contribution in [-0.2, 0) is 15.9 Å². The quantitative estimate of drug-likeness (QED) is 0.265. The molecular weight excluding hydrogens is 557 g/mol. The molecule has 3 aromatic carbocycles. The molecule has 1 aliphatic carbocycles. The van der Waals surface area contributed by atoms with Gasteiger partial charge in [-0.15, -0.1) is 0 Å². The Kier molecular flexibility index (Phi) is 10.0. The number of hydrogen-bond donors (Lipinski definition) is 3. The monoisotopic (exact) mass is 595 g/mol. The Labute approximate surface area is 253 Å². The summed E-state index contributed by atoms with van der Waals surface area (Å²) in [6.07, 6.45) is 2.10. The molecule has 2 amide bonds. The van der Waals surface area contributed by atoms with E-state index in [9.17, 15) is 9.59 Å². The van der Waals surface area contributed by atoms with Crippen molar-refractivity contribution in [1.29, 1.82) is 0 Å². The molecule has 3 aromatic rings. The van der Waals surface area contributed by atoms with Crippen molar-refractivity contribution >= 4 is 35.2 Å². The van der Waals surface area contributed by atoms with Gasteiger partial charge in [-0.05, 0) is 73.8 Å². The number of rotatable bonds is 7. The number of nitrogens with one attached hydrogen (secondary N) is 2. The summed E-state index contributed by atoms with van der Waals surface area (Å²) in [7, 11) is 0. The Morgan fingerprint density at radius 3 is 2.12 bits per heavy atom. The van der Waals surface area contributed by atoms with Gasteiger partial charge in [-0.1, -0.05) is 89.9 Å². The predicted molar refractivity (Wildman–Crippen MR) is 166 cm³/mol. The number of halogens is 2. The molecule has 0 spiro atoms. The standard InChI is InChI=1S/C23H26Cl2N2O.C10H13NO2/c1-16(28)26-23(19-5-3-2-4-6-19)9-11-27(12-10-23)15-18-13-20(18)17-7-8-21(24)22(25)14-17;1-10(2,11-9(12)13)8-6-4-3-5-7-8/h2-8,14,18,20H,9-13,15H2,1H3,(H,26,28);3-7,11H,1-2H3,(H,12,13)/t18-,20+;/m0./s1. The largest absolute Gasteiger partial charge is 0.465 e. The van der Waals surface area contributed by atoms with E-state index in [1.54, 1.807) is 6.92 Å². The van der Waals surface area contributed by atoms with Crippen LogP contribution < -0.4 is 10.6 Å². The molecule has 6 nitrogen and oxygen atoms in total. The molecule has 2 atom stereocenters. The second-order valence-corrected chi connectivity index (χ2v) is 12.4. The third-order valence-electron chi connectivity index (χ3n) is 8.15. The average molecular weight is 597 g/mol. The van der Waals surface area contributed by atoms with E-state index in [0.717, 1.165) is 38.0 Å². The van der Waals surface area contributed by atoms with Crippen LogP contribution in [0.4, 0.5) is 4.79 Å². The van der Waals surface area contributed by atoms with E-state index in [2.05, 4.69) is 45.9 Å². The highest BCUT2D eigenvalue weighted by molar-refractivity contribution is 6.42. The Morgan fingerprint density at radius 2 is 1.56 bits per heavy atom. The molecule has 8 heteroatoms. The van der Waals surface area contributed by atoms with Crippen LogP contribution in [0, 0.1) is 5.92 Å². The Morgan fingerprint density at radius 1 is 0.951 bits per heavy atom. The maximum absolute atomic E-state index is 11.9. The maximum atomic E-state index is 11.9. The van der Waals surface area contributed by atoms with Crippen molar-refractivity contribution in [1.82, 2.24) is 15.5 Å². The molecule has 1 heterocycles. The lowest BCUT2D eigenvalue weighted by Crippen LogP contribution is -2.52. The van der Waals surface area contributed by atoms with Gasteiger partial charge in [0.2, 0.25) is 5.91 Å². The Hall–Kier alpha value is -3.06. The summed E-state index contributed by atoms with van der Waals surface area (Å²) in [5.41, 5.74) is 2.69. The van der Waals surface area contributed by atoms with Crippen LogP contribution in [0.3, 0.4) is 0 Å². The molecule has 0 aromatic heterocycles. The zero-order valence-corrected chi connectivity index (χ0v) is 25.4. The van der Waals surface area contributed by atoms with Crippen molar-refractivity contribution in [2.45, 2.75) is 57.0 Å². The van der Waals surface area contributed by atoms with Crippen molar-refractivity contribution in [3.8, 4) is 0 Å². The molecule has 5 rings (SSSR count). The second kappa shape index (κ2) is 13.3. The lowest BCUT2D eigenvalue weighted by atomic mass is 9.80. The molecule has 218 valence electrons. The van der Waals surface area contributed by atoms with E-state index in [-0.39, 0.29) is 11.4 Å². The first-order valence-corrected chi connectivity index (χ1v) is 14.8. The van der Waals surface area contributed by atoms with Gasteiger partial charge in [0.25, 0.3) is 0 Å². The van der Waals surface area contributed by atoms with Crippen LogP contribution in [0.5, 0.6) is 0 Å². The first kappa shape index (κ1) is 30.9. The number of nitrogens with zero attached hydrogens (tertiary/aromatic N) is 1. The maximum Gasteiger partial charge on any atom is 0.405 e. The van der Waals surface area contributed by atoms with Crippen molar-refractivity contribution in [2.75, 3.05) is 19.6 Å². The summed E-state index contributed by atoms with van der Waals surface area (Å²) >= 11 is 12.2. The van der Waals surface area contributed by atoms with Gasteiger partial charge >= 0.3 is 6.09 Å². The number of likely N-dealkylation sites (tertiary alicyclic amines) is 1. The minimum atomic E-state index is -1.01. The van der Waals surface area contributed by atoms with E-state index >= 15 is 0 Å². The number of carbonyl (C=O) groups is 2. The molecule has 41 heavy (non-hydrogen) atoms. The number of carbonyl (C=O) groups excluding carboxylic acids is 1. The Bertz CT molecular complexity index is 1330. The molecule has 0 bridgehead atoms. The van der Waals surface area contributed by atoms with Crippen LogP contribution in [-0.4, -0.2) is 41.6 Å². The summed E-state index contributed by atoms with van der Waals surface area (Å²) in [4.78, 5) is 24.9. The van der Waals surface area contributed by atoms with E-state index in [0.29, 0.717) is 21.9 Å². The molecule has 2 aliphatic rings. The molecule has 1 saturated carbocycles. The van der Waals surface area contributed by atoms with E-state index in [1.165, 1.54) is 17.5 Å². The summed E-state index contributed by atoms with van der Waals surface area (Å²) in [5.74, 6) is 1.31. The molecule has 3 N–H and O–H groups in total. The van der Waals surface area contributed by atoms with E-state index < -0.39 is 11.6 Å². The van der Waals surface area contributed by atoms with Crippen molar-refractivity contribution in [3.63, 3.8) is 0 Å². The van der Waals surface area contributed by atoms with Crippen molar-refractivity contribution in [2.24, 2.45) is 5.92 Å². The topological polar surface area (TPSA) is 81.7 Å². The van der Waals surface area contributed by atoms with Gasteiger partial charge < -0.3 is 20.6 Å². The van der Waals surface area contributed by atoms with Gasteiger partial charge in [-0.3, -0.25) is 4.79 Å². The van der Waals surface area contributed by atoms with Crippen LogP contribution in [0.25, 0.3) is 0 Å². The van der Waals surface area contributed by atoms with Gasteiger partial charge in [0.15, 0.2) is 0 Å². The van der Waals surface area contributed by atoms with Crippen molar-refractivity contribution in [3.05, 3.63) is 106 Å². The third kappa shape index (κ3) is 8.25. The lowest BCUT2D eigenvalue weighted by Gasteiger charge is -2.43. The summed E-state index contributed by atoms with van der Waals surface area (Å²) in [6, 6.07) is 25.9. The van der Waals surface area contributed by atoms with E-state index in [1.807, 2.05) is 62.4 Å². The highest BCUT2D eigenvalue weighted by atomic mass is 35.5. The smallest absolute Gasteiger partial charge is 0.405 e.